The van der Waals surface area contributed by atoms with Crippen molar-refractivity contribution >= 4 is 40.9 Å². The SMILES string of the molecule is Cc1c(Cl)cnc(NC(=O)COC(=O)C23C[C@@H]4C[C@@H](CC(O)(C4)C2)C3)c1Cl. The second-order valence-electron chi connectivity index (χ2n) is 8.48. The number of hydrogen-bond donors (Lipinski definition) is 2. The lowest BCUT2D eigenvalue weighted by Gasteiger charge is -2.58. The summed E-state index contributed by atoms with van der Waals surface area (Å²) in [6.07, 6.45) is 5.97. The molecule has 1 amide bonds. The Morgan fingerprint density at radius 3 is 2.59 bits per heavy atom. The molecular weight excluding hydrogens is 391 g/mol. The van der Waals surface area contributed by atoms with Crippen molar-refractivity contribution in [3.8, 4) is 0 Å². The first-order valence-corrected chi connectivity index (χ1v) is 9.95. The van der Waals surface area contributed by atoms with Crippen LogP contribution in [0.2, 0.25) is 10.0 Å². The van der Waals surface area contributed by atoms with Gasteiger partial charge in [0, 0.05) is 6.20 Å². The smallest absolute Gasteiger partial charge is 0.312 e. The summed E-state index contributed by atoms with van der Waals surface area (Å²) in [6.45, 7) is 1.31. The van der Waals surface area contributed by atoms with Crippen molar-refractivity contribution < 1.29 is 19.4 Å². The molecule has 0 aromatic carbocycles. The number of aromatic nitrogens is 1. The largest absolute Gasteiger partial charge is 0.455 e. The third kappa shape index (κ3) is 3.43. The number of nitrogens with zero attached hydrogens (tertiary/aromatic N) is 1. The summed E-state index contributed by atoms with van der Waals surface area (Å²) >= 11 is 12.1. The van der Waals surface area contributed by atoms with E-state index in [1.54, 1.807) is 6.92 Å². The van der Waals surface area contributed by atoms with Gasteiger partial charge in [0.1, 0.15) is 0 Å². The van der Waals surface area contributed by atoms with E-state index in [1.165, 1.54) is 6.20 Å². The lowest BCUT2D eigenvalue weighted by atomic mass is 9.48. The van der Waals surface area contributed by atoms with Gasteiger partial charge in [-0.15, -0.1) is 0 Å². The molecule has 8 heteroatoms. The highest BCUT2D eigenvalue weighted by Crippen LogP contribution is 2.61. The number of ether oxygens (including phenoxy) is 1. The molecule has 4 saturated carbocycles. The molecule has 1 aromatic heterocycles. The van der Waals surface area contributed by atoms with Gasteiger partial charge in [-0.2, -0.15) is 0 Å². The molecule has 4 aliphatic rings. The number of halogens is 2. The molecule has 2 N–H and O–H groups in total. The average Bonchev–Trinajstić information content (AvgIpc) is 2.58. The van der Waals surface area contributed by atoms with Crippen LogP contribution in [-0.4, -0.2) is 34.2 Å². The van der Waals surface area contributed by atoms with Crippen molar-refractivity contribution in [2.45, 2.75) is 51.0 Å². The van der Waals surface area contributed by atoms with Gasteiger partial charge in [0.05, 0.1) is 21.1 Å². The normalized spacial score (nSPS) is 33.8. The zero-order valence-electron chi connectivity index (χ0n) is 15.1. The number of esters is 1. The maximum atomic E-state index is 12.8. The number of amides is 1. The van der Waals surface area contributed by atoms with Crippen molar-refractivity contribution in [3.63, 3.8) is 0 Å². The summed E-state index contributed by atoms with van der Waals surface area (Å²) in [5.41, 5.74) is -0.780. The van der Waals surface area contributed by atoms with Gasteiger partial charge in [-0.1, -0.05) is 23.2 Å². The number of hydrogen-bond acceptors (Lipinski definition) is 5. The number of aliphatic hydroxyl groups is 1. The van der Waals surface area contributed by atoms with Crippen molar-refractivity contribution in [1.82, 2.24) is 4.98 Å². The fraction of sp³-hybridized carbons (Fsp3) is 0.632. The zero-order valence-corrected chi connectivity index (χ0v) is 16.6. The van der Waals surface area contributed by atoms with Gasteiger partial charge in [0.25, 0.3) is 5.91 Å². The molecule has 5 rings (SSSR count). The van der Waals surface area contributed by atoms with Gasteiger partial charge < -0.3 is 15.2 Å². The van der Waals surface area contributed by atoms with E-state index >= 15 is 0 Å². The molecule has 0 aliphatic heterocycles. The number of anilines is 1. The molecule has 1 aromatic rings. The van der Waals surface area contributed by atoms with E-state index in [2.05, 4.69) is 10.3 Å². The van der Waals surface area contributed by atoms with Gasteiger partial charge in [0.2, 0.25) is 0 Å². The Balaban J connectivity index is 1.38. The van der Waals surface area contributed by atoms with E-state index in [-0.39, 0.29) is 16.8 Å². The van der Waals surface area contributed by atoms with Crippen LogP contribution >= 0.6 is 23.2 Å². The Kier molecular flexibility index (Phi) is 4.64. The maximum absolute atomic E-state index is 12.8. The number of pyridine rings is 1. The minimum absolute atomic E-state index is 0.184. The molecule has 146 valence electrons. The van der Waals surface area contributed by atoms with Crippen LogP contribution in [-0.2, 0) is 14.3 Å². The molecule has 4 atom stereocenters. The van der Waals surface area contributed by atoms with Crippen LogP contribution in [0.1, 0.15) is 44.1 Å². The van der Waals surface area contributed by atoms with Crippen LogP contribution in [0.4, 0.5) is 5.82 Å². The molecule has 1 heterocycles. The molecule has 2 unspecified atom stereocenters. The quantitative estimate of drug-likeness (QED) is 0.738. The molecular formula is C19H22Cl2N2O4. The summed E-state index contributed by atoms with van der Waals surface area (Å²) in [5, 5.41) is 14.0. The van der Waals surface area contributed by atoms with Gasteiger partial charge in [-0.3, -0.25) is 9.59 Å². The topological polar surface area (TPSA) is 88.5 Å². The summed E-state index contributed by atoms with van der Waals surface area (Å²) in [5.74, 6) is 0.0403. The summed E-state index contributed by atoms with van der Waals surface area (Å²) in [7, 11) is 0. The van der Waals surface area contributed by atoms with E-state index < -0.39 is 23.5 Å². The highest BCUT2D eigenvalue weighted by atomic mass is 35.5. The Morgan fingerprint density at radius 2 is 1.96 bits per heavy atom. The van der Waals surface area contributed by atoms with E-state index in [0.29, 0.717) is 28.8 Å². The zero-order chi connectivity index (χ0) is 19.4. The first-order valence-electron chi connectivity index (χ1n) is 9.20. The summed E-state index contributed by atoms with van der Waals surface area (Å²) in [6, 6.07) is 0. The number of carbonyl (C=O) groups is 2. The average molecular weight is 413 g/mol. The maximum Gasteiger partial charge on any atom is 0.312 e. The Bertz CT molecular complexity index is 799. The third-order valence-electron chi connectivity index (χ3n) is 6.26. The predicted octanol–water partition coefficient (Wildman–Crippen LogP) is 3.51. The van der Waals surface area contributed by atoms with E-state index in [9.17, 15) is 14.7 Å². The van der Waals surface area contributed by atoms with Crippen molar-refractivity contribution in [3.05, 3.63) is 21.8 Å². The molecule has 0 radical (unpaired) electrons. The Hall–Kier alpha value is -1.37. The number of carbonyl (C=O) groups excluding carboxylic acids is 2. The number of nitrogens with one attached hydrogen (secondary N) is 1. The second-order valence-corrected chi connectivity index (χ2v) is 9.27. The molecule has 0 saturated heterocycles. The second kappa shape index (κ2) is 6.61. The minimum atomic E-state index is -0.746. The highest BCUT2D eigenvalue weighted by molar-refractivity contribution is 6.37. The fourth-order valence-corrected chi connectivity index (χ4v) is 5.94. The van der Waals surface area contributed by atoms with E-state index in [1.807, 2.05) is 0 Å². The molecule has 27 heavy (non-hydrogen) atoms. The molecule has 0 spiro atoms. The van der Waals surface area contributed by atoms with E-state index in [4.69, 9.17) is 27.9 Å². The Labute approximate surface area is 167 Å². The van der Waals surface area contributed by atoms with Crippen molar-refractivity contribution in [2.24, 2.45) is 17.3 Å². The molecule has 6 nitrogen and oxygen atoms in total. The fourth-order valence-electron chi connectivity index (χ4n) is 5.55. The third-order valence-corrected chi connectivity index (χ3v) is 7.10. The lowest BCUT2D eigenvalue weighted by molar-refractivity contribution is -0.196. The molecule has 4 fully saturated rings. The van der Waals surface area contributed by atoms with Gasteiger partial charge >= 0.3 is 5.97 Å². The van der Waals surface area contributed by atoms with Gasteiger partial charge in [-0.05, 0) is 62.8 Å². The van der Waals surface area contributed by atoms with E-state index in [0.717, 1.165) is 32.1 Å². The molecule has 4 aliphatic carbocycles. The van der Waals surface area contributed by atoms with Crippen LogP contribution < -0.4 is 5.32 Å². The van der Waals surface area contributed by atoms with Crippen LogP contribution in [0.5, 0.6) is 0 Å². The Morgan fingerprint density at radius 1 is 1.30 bits per heavy atom. The van der Waals surface area contributed by atoms with Crippen LogP contribution in [0.3, 0.4) is 0 Å². The van der Waals surface area contributed by atoms with Crippen LogP contribution in [0.15, 0.2) is 6.20 Å². The first-order chi connectivity index (χ1) is 12.7. The van der Waals surface area contributed by atoms with Gasteiger partial charge in [0.15, 0.2) is 12.4 Å². The summed E-state index contributed by atoms with van der Waals surface area (Å²) < 4.78 is 5.34. The van der Waals surface area contributed by atoms with Crippen molar-refractivity contribution in [2.75, 3.05) is 11.9 Å². The monoisotopic (exact) mass is 412 g/mol. The van der Waals surface area contributed by atoms with Crippen molar-refractivity contribution in [1.29, 1.82) is 0 Å². The molecule has 4 bridgehead atoms. The van der Waals surface area contributed by atoms with Gasteiger partial charge in [-0.25, -0.2) is 4.98 Å². The standard InChI is InChI=1S/C19H22Cl2N2O4/c1-10-13(20)7-22-16(15(10)21)23-14(24)8-27-17(25)18-3-11-2-12(4-18)6-19(26,5-11)9-18/h7,11-12,26H,2-6,8-9H2,1H3,(H,22,23,24)/t11-,12+,18?,19?. The van der Waals surface area contributed by atoms with Crippen LogP contribution in [0, 0.1) is 24.2 Å². The number of rotatable bonds is 4. The lowest BCUT2D eigenvalue weighted by Crippen LogP contribution is -2.58. The predicted molar refractivity (Wildman–Crippen MR) is 101 cm³/mol. The summed E-state index contributed by atoms with van der Waals surface area (Å²) in [4.78, 5) is 29.0. The highest BCUT2D eigenvalue weighted by Gasteiger charge is 2.60. The first kappa shape index (κ1) is 19.0. The minimum Gasteiger partial charge on any atom is -0.455 e. The van der Waals surface area contributed by atoms with Crippen LogP contribution in [0.25, 0.3) is 0 Å².